The van der Waals surface area contributed by atoms with Gasteiger partial charge < -0.3 is 15.2 Å². The molecule has 0 saturated heterocycles. The Morgan fingerprint density at radius 2 is 2.22 bits per heavy atom. The van der Waals surface area contributed by atoms with Crippen LogP contribution in [-0.2, 0) is 4.79 Å². The fourth-order valence-electron chi connectivity index (χ4n) is 1.39. The molecule has 0 aliphatic rings. The molecular weight excluding hydrogens is 345 g/mol. The van der Waals surface area contributed by atoms with Gasteiger partial charge in [-0.2, -0.15) is 0 Å². The second-order valence-electron chi connectivity index (χ2n) is 3.70. The predicted octanol–water partition coefficient (Wildman–Crippen LogP) is 2.64. The summed E-state index contributed by atoms with van der Waals surface area (Å²) in [6.07, 6.45) is 0. The maximum absolute atomic E-state index is 11.6. The summed E-state index contributed by atoms with van der Waals surface area (Å²) >= 11 is 2.21. The second kappa shape index (κ2) is 5.85. The van der Waals surface area contributed by atoms with Gasteiger partial charge in [0.05, 0.1) is 6.54 Å². The normalized spacial score (nSPS) is 10.1. The van der Waals surface area contributed by atoms with Crippen LogP contribution in [0.15, 0.2) is 34.9 Å². The van der Waals surface area contributed by atoms with Gasteiger partial charge in [-0.15, -0.1) is 0 Å². The minimum atomic E-state index is -0.164. The Morgan fingerprint density at radius 1 is 1.44 bits per heavy atom. The third-order valence-corrected chi connectivity index (χ3v) is 3.15. The maximum atomic E-state index is 11.6. The van der Waals surface area contributed by atoms with E-state index in [0.717, 1.165) is 9.26 Å². The van der Waals surface area contributed by atoms with Crippen LogP contribution in [0.4, 0.5) is 11.5 Å². The van der Waals surface area contributed by atoms with Crippen LogP contribution in [0.5, 0.6) is 0 Å². The molecule has 0 bridgehead atoms. The lowest BCUT2D eigenvalue weighted by Gasteiger charge is -2.07. The van der Waals surface area contributed by atoms with E-state index in [4.69, 9.17) is 4.52 Å². The number of anilines is 2. The number of para-hydroxylation sites is 1. The molecule has 2 rings (SSSR count). The summed E-state index contributed by atoms with van der Waals surface area (Å²) in [6, 6.07) is 9.44. The number of nitrogens with zero attached hydrogens (tertiary/aromatic N) is 1. The van der Waals surface area contributed by atoms with Gasteiger partial charge in [0, 0.05) is 15.3 Å². The van der Waals surface area contributed by atoms with Crippen LogP contribution in [-0.4, -0.2) is 17.6 Å². The number of aryl methyl sites for hydroxylation is 1. The summed E-state index contributed by atoms with van der Waals surface area (Å²) < 4.78 is 5.93. The number of hydrogen-bond donors (Lipinski definition) is 2. The Kier molecular flexibility index (Phi) is 4.19. The van der Waals surface area contributed by atoms with Crippen molar-refractivity contribution in [1.29, 1.82) is 0 Å². The van der Waals surface area contributed by atoms with E-state index in [9.17, 15) is 4.79 Å². The molecule has 1 heterocycles. The Balaban J connectivity index is 1.87. The van der Waals surface area contributed by atoms with Crippen molar-refractivity contribution in [2.45, 2.75) is 6.92 Å². The number of benzene rings is 1. The van der Waals surface area contributed by atoms with Crippen LogP contribution < -0.4 is 10.6 Å². The predicted molar refractivity (Wildman–Crippen MR) is 77.5 cm³/mol. The number of rotatable bonds is 4. The molecule has 2 N–H and O–H groups in total. The fraction of sp³-hybridized carbons (Fsp3) is 0.167. The van der Waals surface area contributed by atoms with Crippen molar-refractivity contribution in [1.82, 2.24) is 5.16 Å². The number of amides is 1. The third kappa shape index (κ3) is 3.46. The zero-order valence-electron chi connectivity index (χ0n) is 9.74. The SMILES string of the molecule is Cc1cc(NC(=O)CNc2ccccc2I)no1. The average Bonchev–Trinajstić information content (AvgIpc) is 2.74. The molecule has 0 spiro atoms. The standard InChI is InChI=1S/C12H12IN3O2/c1-8-6-11(16-18-8)15-12(17)7-14-10-5-3-2-4-9(10)13/h2-6,14H,7H2,1H3,(H,15,16,17). The third-order valence-electron chi connectivity index (χ3n) is 2.21. The first-order chi connectivity index (χ1) is 8.65. The molecule has 0 aliphatic carbocycles. The van der Waals surface area contributed by atoms with E-state index < -0.39 is 0 Å². The van der Waals surface area contributed by atoms with Crippen molar-refractivity contribution >= 4 is 40.0 Å². The Morgan fingerprint density at radius 3 is 2.89 bits per heavy atom. The smallest absolute Gasteiger partial charge is 0.244 e. The molecule has 0 atom stereocenters. The van der Waals surface area contributed by atoms with Gasteiger partial charge in [0.25, 0.3) is 0 Å². The molecule has 5 nitrogen and oxygen atoms in total. The molecular formula is C12H12IN3O2. The molecule has 1 aromatic heterocycles. The molecule has 18 heavy (non-hydrogen) atoms. The van der Waals surface area contributed by atoms with Gasteiger partial charge in [0.1, 0.15) is 5.76 Å². The highest BCUT2D eigenvalue weighted by Gasteiger charge is 2.06. The molecule has 6 heteroatoms. The number of carbonyl (C=O) groups is 1. The van der Waals surface area contributed by atoms with Crippen molar-refractivity contribution < 1.29 is 9.32 Å². The van der Waals surface area contributed by atoms with Gasteiger partial charge in [-0.25, -0.2) is 0 Å². The summed E-state index contributed by atoms with van der Waals surface area (Å²) in [5.74, 6) is 0.931. The number of hydrogen-bond acceptors (Lipinski definition) is 4. The van der Waals surface area contributed by atoms with Gasteiger partial charge in [-0.1, -0.05) is 17.3 Å². The first-order valence-corrected chi connectivity index (χ1v) is 6.44. The second-order valence-corrected chi connectivity index (χ2v) is 4.87. The highest BCUT2D eigenvalue weighted by atomic mass is 127. The largest absolute Gasteiger partial charge is 0.375 e. The molecule has 0 fully saturated rings. The summed E-state index contributed by atoms with van der Waals surface area (Å²) in [6.45, 7) is 1.96. The number of nitrogens with one attached hydrogen (secondary N) is 2. The lowest BCUT2D eigenvalue weighted by Crippen LogP contribution is -2.22. The van der Waals surface area contributed by atoms with Crippen LogP contribution in [0.25, 0.3) is 0 Å². The zero-order chi connectivity index (χ0) is 13.0. The minimum Gasteiger partial charge on any atom is -0.375 e. The number of carbonyl (C=O) groups excluding carboxylic acids is 1. The zero-order valence-corrected chi connectivity index (χ0v) is 11.9. The van der Waals surface area contributed by atoms with E-state index in [0.29, 0.717) is 11.6 Å². The Hall–Kier alpha value is -1.57. The van der Waals surface area contributed by atoms with Gasteiger partial charge in [0.2, 0.25) is 5.91 Å². The Bertz CT molecular complexity index is 554. The first-order valence-electron chi connectivity index (χ1n) is 5.37. The van der Waals surface area contributed by atoms with Crippen molar-refractivity contribution in [3.8, 4) is 0 Å². The molecule has 1 aromatic carbocycles. The molecule has 94 valence electrons. The number of halogens is 1. The van der Waals surface area contributed by atoms with Crippen LogP contribution >= 0.6 is 22.6 Å². The molecule has 0 saturated carbocycles. The van der Waals surface area contributed by atoms with Gasteiger partial charge >= 0.3 is 0 Å². The van der Waals surface area contributed by atoms with E-state index in [1.165, 1.54) is 0 Å². The van der Waals surface area contributed by atoms with Crippen molar-refractivity contribution in [3.63, 3.8) is 0 Å². The highest BCUT2D eigenvalue weighted by molar-refractivity contribution is 14.1. The van der Waals surface area contributed by atoms with E-state index in [1.807, 2.05) is 24.3 Å². The fourth-order valence-corrected chi connectivity index (χ4v) is 1.97. The molecule has 0 aliphatic heterocycles. The van der Waals surface area contributed by atoms with E-state index in [1.54, 1.807) is 13.0 Å². The van der Waals surface area contributed by atoms with Gasteiger partial charge in [-0.05, 0) is 41.6 Å². The molecule has 2 aromatic rings. The van der Waals surface area contributed by atoms with Crippen LogP contribution in [0.1, 0.15) is 5.76 Å². The van der Waals surface area contributed by atoms with E-state index in [-0.39, 0.29) is 12.5 Å². The van der Waals surface area contributed by atoms with E-state index >= 15 is 0 Å². The monoisotopic (exact) mass is 357 g/mol. The molecule has 0 radical (unpaired) electrons. The van der Waals surface area contributed by atoms with Crippen LogP contribution in [0.3, 0.4) is 0 Å². The number of aromatic nitrogens is 1. The summed E-state index contributed by atoms with van der Waals surface area (Å²) in [7, 11) is 0. The van der Waals surface area contributed by atoms with E-state index in [2.05, 4.69) is 38.4 Å². The molecule has 1 amide bonds. The van der Waals surface area contributed by atoms with Gasteiger partial charge in [0.15, 0.2) is 5.82 Å². The lowest BCUT2D eigenvalue weighted by molar-refractivity contribution is -0.114. The van der Waals surface area contributed by atoms with Crippen molar-refractivity contribution in [2.75, 3.05) is 17.2 Å². The topological polar surface area (TPSA) is 67.2 Å². The molecule has 0 unspecified atom stereocenters. The average molecular weight is 357 g/mol. The first kappa shape index (κ1) is 12.9. The summed E-state index contributed by atoms with van der Waals surface area (Å²) in [5, 5.41) is 9.40. The van der Waals surface area contributed by atoms with Gasteiger partial charge in [-0.3, -0.25) is 4.79 Å². The van der Waals surface area contributed by atoms with Crippen LogP contribution in [0.2, 0.25) is 0 Å². The van der Waals surface area contributed by atoms with Crippen molar-refractivity contribution in [2.24, 2.45) is 0 Å². The van der Waals surface area contributed by atoms with Crippen molar-refractivity contribution in [3.05, 3.63) is 39.7 Å². The quantitative estimate of drug-likeness (QED) is 0.826. The lowest BCUT2D eigenvalue weighted by atomic mass is 10.3. The minimum absolute atomic E-state index is 0.164. The highest BCUT2D eigenvalue weighted by Crippen LogP contribution is 2.16. The Labute approximate surface area is 118 Å². The summed E-state index contributed by atoms with van der Waals surface area (Å²) in [4.78, 5) is 11.6. The van der Waals surface area contributed by atoms with Crippen LogP contribution in [0, 0.1) is 10.5 Å². The maximum Gasteiger partial charge on any atom is 0.244 e. The summed E-state index contributed by atoms with van der Waals surface area (Å²) in [5.41, 5.74) is 0.935.